The Bertz CT molecular complexity index is 1360. The number of carbonyl (C=O) groups excluding carboxylic acids is 2. The van der Waals surface area contributed by atoms with E-state index < -0.39 is 58.4 Å². The van der Waals surface area contributed by atoms with Crippen molar-refractivity contribution in [2.45, 2.75) is 32.3 Å². The third kappa shape index (κ3) is 6.40. The maximum atomic E-state index is 14.5. The molecule has 0 fully saturated rings. The number of primary amides is 1. The fourth-order valence-corrected chi connectivity index (χ4v) is 3.80. The summed E-state index contributed by atoms with van der Waals surface area (Å²) >= 11 is 5.92. The molecular weight excluding hydrogens is 531 g/mol. The first kappa shape index (κ1) is 28.9. The lowest BCUT2D eigenvalue weighted by Crippen LogP contribution is -2.53. The van der Waals surface area contributed by atoms with Crippen LogP contribution in [0.3, 0.4) is 0 Å². The molecule has 1 aromatic heterocycles. The highest BCUT2D eigenvalue weighted by atomic mass is 35.5. The number of rotatable bonds is 9. The Morgan fingerprint density at radius 2 is 1.84 bits per heavy atom. The Balaban J connectivity index is 2.25. The van der Waals surface area contributed by atoms with E-state index in [1.807, 2.05) is 6.92 Å². The van der Waals surface area contributed by atoms with E-state index in [0.717, 1.165) is 24.4 Å². The topological polar surface area (TPSA) is 146 Å². The second-order valence-electron chi connectivity index (χ2n) is 8.33. The Hall–Kier alpha value is -3.71. The molecule has 0 saturated heterocycles. The summed E-state index contributed by atoms with van der Waals surface area (Å²) < 4.78 is 47.0. The second kappa shape index (κ2) is 11.0. The Morgan fingerprint density at radius 3 is 2.39 bits per heavy atom. The van der Waals surface area contributed by atoms with Crippen LogP contribution in [0.25, 0.3) is 11.1 Å². The molecule has 1 heterocycles. The number of ether oxygens (including phenoxy) is 1. The number of benzene rings is 2. The third-order valence-corrected chi connectivity index (χ3v) is 5.61. The van der Waals surface area contributed by atoms with Gasteiger partial charge < -0.3 is 25.8 Å². The predicted octanol–water partition coefficient (Wildman–Crippen LogP) is 3.47. The van der Waals surface area contributed by atoms with E-state index in [0.29, 0.717) is 24.5 Å². The molecule has 0 spiro atoms. The quantitative estimate of drug-likeness (QED) is 0.297. The van der Waals surface area contributed by atoms with Crippen LogP contribution < -0.4 is 15.4 Å². The van der Waals surface area contributed by atoms with E-state index in [9.17, 15) is 38.1 Å². The van der Waals surface area contributed by atoms with E-state index in [2.05, 4.69) is 4.98 Å². The molecule has 0 unspecified atom stereocenters. The van der Waals surface area contributed by atoms with Crippen LogP contribution in [0.2, 0.25) is 5.02 Å². The fraction of sp³-hybridized carbons (Fsp3) is 0.240. The van der Waals surface area contributed by atoms with Crippen molar-refractivity contribution in [3.05, 3.63) is 76.2 Å². The van der Waals surface area contributed by atoms with Gasteiger partial charge in [0.2, 0.25) is 5.91 Å². The van der Waals surface area contributed by atoms with Crippen LogP contribution in [0.4, 0.5) is 19.0 Å². The molecule has 3 aromatic rings. The van der Waals surface area contributed by atoms with Crippen LogP contribution in [-0.4, -0.2) is 50.7 Å². The SMILES string of the molecule is CCc1ccc(C(N)=O)cc1-c1cnc(N(C(=O)c2c(F)cccc2Cl)C(O)(O)O)c(OCC(C)(F)F)c1. The van der Waals surface area contributed by atoms with Crippen LogP contribution in [0.1, 0.15) is 40.1 Å². The number of pyridine rings is 1. The molecule has 202 valence electrons. The largest absolute Gasteiger partial charge is 0.483 e. The molecule has 2 amide bonds. The fourth-order valence-electron chi connectivity index (χ4n) is 3.56. The lowest BCUT2D eigenvalue weighted by Gasteiger charge is -2.31. The monoisotopic (exact) mass is 553 g/mol. The minimum atomic E-state index is -4.00. The van der Waals surface area contributed by atoms with Crippen molar-refractivity contribution in [3.63, 3.8) is 0 Å². The van der Waals surface area contributed by atoms with Crippen LogP contribution in [0.5, 0.6) is 5.75 Å². The average Bonchev–Trinajstić information content (AvgIpc) is 2.81. The van der Waals surface area contributed by atoms with Gasteiger partial charge in [-0.3, -0.25) is 9.59 Å². The summed E-state index contributed by atoms with van der Waals surface area (Å²) in [6, 6.07) is 8.86. The average molecular weight is 554 g/mol. The number of carbonyl (C=O) groups is 2. The van der Waals surface area contributed by atoms with Gasteiger partial charge in [0.15, 0.2) is 18.2 Å². The van der Waals surface area contributed by atoms with Crippen molar-refractivity contribution in [1.82, 2.24) is 4.98 Å². The number of aryl methyl sites for hydroxylation is 1. The lowest BCUT2D eigenvalue weighted by atomic mass is 9.96. The molecule has 38 heavy (non-hydrogen) atoms. The van der Waals surface area contributed by atoms with Gasteiger partial charge in [-0.1, -0.05) is 30.7 Å². The van der Waals surface area contributed by atoms with E-state index in [-0.39, 0.29) is 16.0 Å². The van der Waals surface area contributed by atoms with Crippen molar-refractivity contribution >= 4 is 29.2 Å². The summed E-state index contributed by atoms with van der Waals surface area (Å²) in [6.45, 7) is 1.12. The van der Waals surface area contributed by atoms with Crippen molar-refractivity contribution in [2.75, 3.05) is 11.5 Å². The minimum absolute atomic E-state index is 0.134. The van der Waals surface area contributed by atoms with Gasteiger partial charge in [-0.25, -0.2) is 23.1 Å². The lowest BCUT2D eigenvalue weighted by molar-refractivity contribution is -0.304. The summed E-state index contributed by atoms with van der Waals surface area (Å²) in [5.74, 6) is -8.32. The highest BCUT2D eigenvalue weighted by Gasteiger charge is 2.41. The molecule has 13 heteroatoms. The molecule has 0 atom stereocenters. The Kier molecular flexibility index (Phi) is 8.32. The van der Waals surface area contributed by atoms with Gasteiger partial charge in [-0.05, 0) is 47.9 Å². The van der Waals surface area contributed by atoms with Gasteiger partial charge >= 0.3 is 6.10 Å². The number of alkyl halides is 2. The van der Waals surface area contributed by atoms with Gasteiger partial charge in [0.05, 0.1) is 10.6 Å². The van der Waals surface area contributed by atoms with Gasteiger partial charge in [-0.2, -0.15) is 0 Å². The summed E-state index contributed by atoms with van der Waals surface area (Å²) in [6.07, 6.45) is -2.42. The van der Waals surface area contributed by atoms with Gasteiger partial charge in [-0.15, -0.1) is 0 Å². The molecule has 0 aliphatic rings. The van der Waals surface area contributed by atoms with E-state index in [1.54, 1.807) is 6.07 Å². The number of nitrogens with zero attached hydrogens (tertiary/aromatic N) is 2. The van der Waals surface area contributed by atoms with Crippen molar-refractivity contribution < 1.29 is 42.8 Å². The number of anilines is 1. The standard InChI is InChI=1S/C25H23ClF3N3O6/c1-3-13-7-8-14(21(30)33)9-16(13)15-10-19(38-12-24(2,28)29)22(31-11-15)32(25(35,36)37)23(34)20-17(26)5-4-6-18(20)27/h4-11,35-37H,3,12H2,1-2H3,(H2,30,33). The van der Waals surface area contributed by atoms with Gasteiger partial charge in [0, 0.05) is 24.2 Å². The number of aromatic nitrogens is 1. The zero-order chi connectivity index (χ0) is 28.4. The van der Waals surface area contributed by atoms with Crippen molar-refractivity contribution in [2.24, 2.45) is 5.73 Å². The Labute approximate surface area is 219 Å². The zero-order valence-electron chi connectivity index (χ0n) is 20.1. The number of hydrogen-bond acceptors (Lipinski definition) is 7. The number of aliphatic hydroxyl groups is 3. The van der Waals surface area contributed by atoms with E-state index in [4.69, 9.17) is 22.1 Å². The second-order valence-corrected chi connectivity index (χ2v) is 8.74. The van der Waals surface area contributed by atoms with Crippen LogP contribution in [0, 0.1) is 5.82 Å². The molecule has 0 saturated carbocycles. The predicted molar refractivity (Wildman–Crippen MR) is 131 cm³/mol. The molecule has 9 nitrogen and oxygen atoms in total. The maximum absolute atomic E-state index is 14.5. The number of amides is 2. The molecular formula is C25H23ClF3N3O6. The number of hydrogen-bond donors (Lipinski definition) is 4. The molecule has 2 aromatic carbocycles. The summed E-state index contributed by atoms with van der Waals surface area (Å²) in [5.41, 5.74) is 5.96. The van der Waals surface area contributed by atoms with Gasteiger partial charge in [0.25, 0.3) is 11.8 Å². The summed E-state index contributed by atoms with van der Waals surface area (Å²) in [5, 5.41) is 29.6. The van der Waals surface area contributed by atoms with Crippen molar-refractivity contribution in [3.8, 4) is 16.9 Å². The summed E-state index contributed by atoms with van der Waals surface area (Å²) in [7, 11) is 0. The molecule has 0 aliphatic heterocycles. The highest BCUT2D eigenvalue weighted by molar-refractivity contribution is 6.34. The van der Waals surface area contributed by atoms with E-state index >= 15 is 0 Å². The number of halogens is 4. The molecule has 0 bridgehead atoms. The van der Waals surface area contributed by atoms with Crippen LogP contribution in [-0.2, 0) is 6.42 Å². The van der Waals surface area contributed by atoms with Crippen LogP contribution >= 0.6 is 11.6 Å². The third-order valence-electron chi connectivity index (χ3n) is 5.29. The first-order valence-corrected chi connectivity index (χ1v) is 11.4. The maximum Gasteiger partial charge on any atom is 0.377 e. The first-order valence-electron chi connectivity index (χ1n) is 11.0. The molecule has 0 aliphatic carbocycles. The minimum Gasteiger partial charge on any atom is -0.483 e. The Morgan fingerprint density at radius 1 is 1.16 bits per heavy atom. The smallest absolute Gasteiger partial charge is 0.377 e. The van der Waals surface area contributed by atoms with Crippen LogP contribution in [0.15, 0.2) is 48.7 Å². The summed E-state index contributed by atoms with van der Waals surface area (Å²) in [4.78, 5) is 28.7. The molecule has 0 radical (unpaired) electrons. The molecule has 3 rings (SSSR count). The zero-order valence-corrected chi connectivity index (χ0v) is 20.8. The van der Waals surface area contributed by atoms with Gasteiger partial charge in [0.1, 0.15) is 5.82 Å². The normalized spacial score (nSPS) is 11.8. The molecule has 5 N–H and O–H groups in total. The highest BCUT2D eigenvalue weighted by Crippen LogP contribution is 2.37. The first-order chi connectivity index (χ1) is 17.6. The van der Waals surface area contributed by atoms with E-state index in [1.165, 1.54) is 18.2 Å². The van der Waals surface area contributed by atoms with Crippen molar-refractivity contribution in [1.29, 1.82) is 0 Å². The number of nitrogens with two attached hydrogens (primary N) is 1.